The van der Waals surface area contributed by atoms with Gasteiger partial charge in [0.25, 0.3) is 0 Å². The van der Waals surface area contributed by atoms with E-state index < -0.39 is 0 Å². The average molecular weight is 307 g/mol. The summed E-state index contributed by atoms with van der Waals surface area (Å²) >= 11 is 0. The molecule has 1 aromatic heterocycles. The Balaban J connectivity index is 1.62. The summed E-state index contributed by atoms with van der Waals surface area (Å²) in [6, 6.07) is 14.3. The molecule has 0 saturated carbocycles. The molecule has 116 valence electrons. The van der Waals surface area contributed by atoms with E-state index in [1.54, 1.807) is 13.4 Å². The molecule has 0 atom stereocenters. The third-order valence-electron chi connectivity index (χ3n) is 4.15. The van der Waals surface area contributed by atoms with Crippen LogP contribution in [0.5, 0.6) is 17.5 Å². The summed E-state index contributed by atoms with van der Waals surface area (Å²) in [7, 11) is 1.64. The van der Waals surface area contributed by atoms with Gasteiger partial charge in [0.1, 0.15) is 17.8 Å². The standard InChI is InChI=1S/C18H17N3O2/c1-22-16-7-9-17(10-8-16)23-18-20-19-12-21(18)15-6-5-13-3-2-4-14(13)11-15/h5-12H,2-4H2,1H3. The monoisotopic (exact) mass is 307 g/mol. The molecule has 3 aromatic rings. The highest BCUT2D eigenvalue weighted by Gasteiger charge is 2.14. The van der Waals surface area contributed by atoms with E-state index in [1.807, 2.05) is 28.8 Å². The van der Waals surface area contributed by atoms with Gasteiger partial charge in [0.05, 0.1) is 12.8 Å². The van der Waals surface area contributed by atoms with Crippen molar-refractivity contribution in [3.8, 4) is 23.2 Å². The second-order valence-corrected chi connectivity index (χ2v) is 5.57. The van der Waals surface area contributed by atoms with E-state index >= 15 is 0 Å². The minimum Gasteiger partial charge on any atom is -0.497 e. The molecule has 23 heavy (non-hydrogen) atoms. The zero-order valence-corrected chi connectivity index (χ0v) is 12.9. The van der Waals surface area contributed by atoms with Crippen LogP contribution in [0.25, 0.3) is 5.69 Å². The summed E-state index contributed by atoms with van der Waals surface area (Å²) in [4.78, 5) is 0. The van der Waals surface area contributed by atoms with Crippen LogP contribution in [0.15, 0.2) is 48.8 Å². The number of methoxy groups -OCH3 is 1. The van der Waals surface area contributed by atoms with Gasteiger partial charge in [-0.15, -0.1) is 5.10 Å². The summed E-state index contributed by atoms with van der Waals surface area (Å²) in [5.74, 6) is 1.48. The highest BCUT2D eigenvalue weighted by molar-refractivity contribution is 5.44. The number of benzene rings is 2. The van der Waals surface area contributed by atoms with Crippen molar-refractivity contribution in [2.24, 2.45) is 0 Å². The van der Waals surface area contributed by atoms with E-state index in [1.165, 1.54) is 24.0 Å². The van der Waals surface area contributed by atoms with Crippen molar-refractivity contribution in [3.05, 3.63) is 59.9 Å². The van der Waals surface area contributed by atoms with Crippen LogP contribution < -0.4 is 9.47 Å². The highest BCUT2D eigenvalue weighted by Crippen LogP contribution is 2.28. The third-order valence-corrected chi connectivity index (χ3v) is 4.15. The molecule has 1 aliphatic rings. The summed E-state index contributed by atoms with van der Waals surface area (Å²) in [6.07, 6.45) is 5.22. The van der Waals surface area contributed by atoms with Crippen LogP contribution >= 0.6 is 0 Å². The number of nitrogens with zero attached hydrogens (tertiary/aromatic N) is 3. The molecule has 0 saturated heterocycles. The molecule has 4 rings (SSSR count). The minimum absolute atomic E-state index is 0.452. The third kappa shape index (κ3) is 2.65. The molecule has 0 aliphatic heterocycles. The number of hydrogen-bond acceptors (Lipinski definition) is 4. The second kappa shape index (κ2) is 5.76. The van der Waals surface area contributed by atoms with Crippen molar-refractivity contribution < 1.29 is 9.47 Å². The van der Waals surface area contributed by atoms with Gasteiger partial charge in [0.2, 0.25) is 0 Å². The van der Waals surface area contributed by atoms with Crippen molar-refractivity contribution in [3.63, 3.8) is 0 Å². The number of rotatable bonds is 4. The Morgan fingerprint density at radius 2 is 1.74 bits per heavy atom. The molecule has 0 amide bonds. The van der Waals surface area contributed by atoms with Crippen LogP contribution in [0.1, 0.15) is 17.5 Å². The van der Waals surface area contributed by atoms with Gasteiger partial charge in [-0.25, -0.2) is 0 Å². The molecule has 0 N–H and O–H groups in total. The number of ether oxygens (including phenoxy) is 2. The fourth-order valence-electron chi connectivity index (χ4n) is 2.93. The Morgan fingerprint density at radius 1 is 0.957 bits per heavy atom. The van der Waals surface area contributed by atoms with Crippen LogP contribution in [0, 0.1) is 0 Å². The van der Waals surface area contributed by atoms with Crippen molar-refractivity contribution >= 4 is 0 Å². The molecule has 5 heteroatoms. The number of aryl methyl sites for hydroxylation is 2. The lowest BCUT2D eigenvalue weighted by Gasteiger charge is -2.09. The quantitative estimate of drug-likeness (QED) is 0.739. The molecule has 0 fully saturated rings. The number of hydrogen-bond donors (Lipinski definition) is 0. The van der Waals surface area contributed by atoms with Crippen LogP contribution in [-0.4, -0.2) is 21.9 Å². The van der Waals surface area contributed by atoms with E-state index in [-0.39, 0.29) is 0 Å². The van der Waals surface area contributed by atoms with Gasteiger partial charge in [-0.1, -0.05) is 11.2 Å². The first-order valence-corrected chi connectivity index (χ1v) is 7.67. The molecular weight excluding hydrogens is 290 g/mol. The van der Waals surface area contributed by atoms with E-state index in [4.69, 9.17) is 9.47 Å². The smallest absolute Gasteiger partial charge is 0.327 e. The SMILES string of the molecule is COc1ccc(Oc2nncn2-c2ccc3c(c2)CCC3)cc1. The lowest BCUT2D eigenvalue weighted by atomic mass is 10.1. The number of fused-ring (bicyclic) bond motifs is 1. The fourth-order valence-corrected chi connectivity index (χ4v) is 2.93. The zero-order chi connectivity index (χ0) is 15.6. The van der Waals surface area contributed by atoms with Gasteiger partial charge < -0.3 is 9.47 Å². The Labute approximate surface area is 134 Å². The van der Waals surface area contributed by atoms with Gasteiger partial charge in [0, 0.05) is 0 Å². The lowest BCUT2D eigenvalue weighted by molar-refractivity contribution is 0.409. The summed E-state index contributed by atoms with van der Waals surface area (Å²) in [6.45, 7) is 0. The molecule has 5 nitrogen and oxygen atoms in total. The van der Waals surface area contributed by atoms with Crippen molar-refractivity contribution in [2.45, 2.75) is 19.3 Å². The molecule has 1 heterocycles. The lowest BCUT2D eigenvalue weighted by Crippen LogP contribution is -1.98. The van der Waals surface area contributed by atoms with Gasteiger partial charge >= 0.3 is 6.01 Å². The average Bonchev–Trinajstić information content (AvgIpc) is 3.23. The van der Waals surface area contributed by atoms with Crippen molar-refractivity contribution in [1.29, 1.82) is 0 Å². The van der Waals surface area contributed by atoms with Crippen LogP contribution in [-0.2, 0) is 12.8 Å². The first-order chi connectivity index (χ1) is 11.3. The second-order valence-electron chi connectivity index (χ2n) is 5.57. The molecule has 1 aliphatic carbocycles. The maximum atomic E-state index is 5.86. The van der Waals surface area contributed by atoms with E-state index in [9.17, 15) is 0 Å². The molecule has 0 bridgehead atoms. The minimum atomic E-state index is 0.452. The number of aromatic nitrogens is 3. The first kappa shape index (κ1) is 13.8. The fraction of sp³-hybridized carbons (Fsp3) is 0.222. The highest BCUT2D eigenvalue weighted by atomic mass is 16.5. The van der Waals surface area contributed by atoms with Gasteiger partial charge in [-0.3, -0.25) is 4.57 Å². The van der Waals surface area contributed by atoms with E-state index in [2.05, 4.69) is 28.4 Å². The van der Waals surface area contributed by atoms with E-state index in [0.717, 1.165) is 17.9 Å². The molecule has 0 spiro atoms. The summed E-state index contributed by atoms with van der Waals surface area (Å²) < 4.78 is 12.9. The largest absolute Gasteiger partial charge is 0.497 e. The van der Waals surface area contributed by atoms with Crippen molar-refractivity contribution in [2.75, 3.05) is 7.11 Å². The Hall–Kier alpha value is -2.82. The van der Waals surface area contributed by atoms with Crippen LogP contribution in [0.3, 0.4) is 0 Å². The molecule has 2 aromatic carbocycles. The Morgan fingerprint density at radius 3 is 2.57 bits per heavy atom. The van der Waals surface area contributed by atoms with Crippen molar-refractivity contribution in [1.82, 2.24) is 14.8 Å². The maximum absolute atomic E-state index is 5.86. The Bertz CT molecular complexity index is 825. The predicted molar refractivity (Wildman–Crippen MR) is 86.5 cm³/mol. The van der Waals surface area contributed by atoms with Crippen LogP contribution in [0.4, 0.5) is 0 Å². The topological polar surface area (TPSA) is 49.2 Å². The zero-order valence-electron chi connectivity index (χ0n) is 12.9. The van der Waals surface area contributed by atoms with Gasteiger partial charge in [-0.2, -0.15) is 0 Å². The predicted octanol–water partition coefficient (Wildman–Crippen LogP) is 3.56. The normalized spacial score (nSPS) is 12.9. The van der Waals surface area contributed by atoms with Crippen LogP contribution in [0.2, 0.25) is 0 Å². The Kier molecular flexibility index (Phi) is 3.46. The van der Waals surface area contributed by atoms with E-state index in [0.29, 0.717) is 11.8 Å². The summed E-state index contributed by atoms with van der Waals surface area (Å²) in [5.41, 5.74) is 3.88. The molecule has 0 unspecified atom stereocenters. The summed E-state index contributed by atoms with van der Waals surface area (Å²) in [5, 5.41) is 8.07. The first-order valence-electron chi connectivity index (χ1n) is 7.67. The molecular formula is C18H17N3O2. The maximum Gasteiger partial charge on any atom is 0.327 e. The van der Waals surface area contributed by atoms with Gasteiger partial charge in [-0.05, 0) is 66.8 Å². The van der Waals surface area contributed by atoms with Gasteiger partial charge in [0.15, 0.2) is 0 Å². The molecule has 0 radical (unpaired) electrons.